The third-order valence-electron chi connectivity index (χ3n) is 5.30. The highest BCUT2D eigenvalue weighted by Gasteiger charge is 2.26. The van der Waals surface area contributed by atoms with Crippen molar-refractivity contribution in [3.05, 3.63) is 111 Å². The lowest BCUT2D eigenvalue weighted by Gasteiger charge is -2.22. The van der Waals surface area contributed by atoms with Crippen molar-refractivity contribution in [2.24, 2.45) is 4.99 Å². The monoisotopic (exact) mass is 576 g/mol. The summed E-state index contributed by atoms with van der Waals surface area (Å²) >= 11 is 18.2. The number of sulfonamides is 1. The van der Waals surface area contributed by atoms with Crippen LogP contribution in [0.1, 0.15) is 24.0 Å². The molecular weight excluding hydrogens is 555 g/mol. The second-order valence-electron chi connectivity index (χ2n) is 7.96. The molecule has 0 saturated carbocycles. The molecule has 1 aromatic heterocycles. The van der Waals surface area contributed by atoms with Crippen LogP contribution < -0.4 is 4.74 Å². The van der Waals surface area contributed by atoms with E-state index in [1.54, 1.807) is 36.5 Å². The fraction of sp³-hybridized carbons (Fsp3) is 0.148. The van der Waals surface area contributed by atoms with Crippen molar-refractivity contribution in [3.8, 4) is 5.75 Å². The van der Waals surface area contributed by atoms with E-state index in [9.17, 15) is 8.42 Å². The maximum Gasteiger partial charge on any atom is 0.243 e. The lowest BCUT2D eigenvalue weighted by atomic mass is 10.2. The molecule has 1 heterocycles. The minimum absolute atomic E-state index is 0.0118. The lowest BCUT2D eigenvalue weighted by molar-refractivity contribution is 0.340. The molecule has 0 aliphatic heterocycles. The molecule has 10 heteroatoms. The molecule has 0 N–H and O–H groups in total. The average molecular weight is 578 g/mol. The Morgan fingerprint density at radius 3 is 2.30 bits per heavy atom. The smallest absolute Gasteiger partial charge is 0.243 e. The van der Waals surface area contributed by atoms with Gasteiger partial charge in [-0.15, -0.1) is 0 Å². The van der Waals surface area contributed by atoms with Crippen LogP contribution in [-0.4, -0.2) is 25.5 Å². The first-order valence-electron chi connectivity index (χ1n) is 11.3. The Morgan fingerprint density at radius 2 is 1.62 bits per heavy atom. The molecular formula is C27H23Cl3N2O4S. The largest absolute Gasteiger partial charge is 0.494 e. The topological polar surface area (TPSA) is 72.1 Å². The molecule has 0 aliphatic rings. The summed E-state index contributed by atoms with van der Waals surface area (Å²) in [4.78, 5) is 4.53. The lowest BCUT2D eigenvalue weighted by Crippen LogP contribution is -2.30. The van der Waals surface area contributed by atoms with Crippen molar-refractivity contribution in [1.29, 1.82) is 0 Å². The molecule has 0 amide bonds. The molecule has 0 fully saturated rings. The molecule has 6 nitrogen and oxygen atoms in total. The van der Waals surface area contributed by atoms with Gasteiger partial charge in [-0.2, -0.15) is 4.31 Å². The number of benzene rings is 3. The van der Waals surface area contributed by atoms with E-state index in [-0.39, 0.29) is 18.0 Å². The molecule has 0 unspecified atom stereocenters. The van der Waals surface area contributed by atoms with Crippen molar-refractivity contribution >= 4 is 56.7 Å². The zero-order valence-corrected chi connectivity index (χ0v) is 22.9. The molecule has 0 spiro atoms. The Kier molecular flexibility index (Phi) is 8.95. The fourth-order valence-electron chi connectivity index (χ4n) is 3.48. The predicted molar refractivity (Wildman–Crippen MR) is 148 cm³/mol. The van der Waals surface area contributed by atoms with Crippen LogP contribution in [0.2, 0.25) is 15.1 Å². The first-order chi connectivity index (χ1) is 17.7. The Hall–Kier alpha value is -2.81. The molecule has 4 rings (SSSR count). The van der Waals surface area contributed by atoms with Crippen LogP contribution in [0, 0.1) is 0 Å². The van der Waals surface area contributed by atoms with E-state index in [2.05, 4.69) is 4.99 Å². The van der Waals surface area contributed by atoms with Gasteiger partial charge in [0, 0.05) is 11.6 Å². The van der Waals surface area contributed by atoms with Gasteiger partial charge < -0.3 is 9.15 Å². The molecule has 37 heavy (non-hydrogen) atoms. The van der Waals surface area contributed by atoms with Crippen LogP contribution in [0.3, 0.4) is 0 Å². The standard InChI is InChI=1S/C27H23Cl3N2O4S/c1-2-35-22-8-6-21(7-9-22)31-16-23-10-11-24(36-23)18-32(17-19-3-14-26(29)27(30)15-19)37(33,34)25-12-4-20(28)5-13-25/h3-16H,2,17-18H2,1H3. The minimum Gasteiger partial charge on any atom is -0.494 e. The van der Waals surface area contributed by atoms with Gasteiger partial charge >= 0.3 is 0 Å². The molecule has 0 atom stereocenters. The third-order valence-corrected chi connectivity index (χ3v) is 8.09. The molecule has 0 bridgehead atoms. The number of rotatable bonds is 10. The van der Waals surface area contributed by atoms with Gasteiger partial charge in [-0.3, -0.25) is 4.99 Å². The van der Waals surface area contributed by atoms with Crippen LogP contribution >= 0.6 is 34.8 Å². The summed E-state index contributed by atoms with van der Waals surface area (Å²) < 4.78 is 39.7. The van der Waals surface area contributed by atoms with Crippen molar-refractivity contribution in [2.75, 3.05) is 6.61 Å². The van der Waals surface area contributed by atoms with E-state index in [1.807, 2.05) is 31.2 Å². The number of furan rings is 1. The summed E-state index contributed by atoms with van der Waals surface area (Å²) in [5, 5.41) is 1.17. The Labute approximate surface area is 231 Å². The highest BCUT2D eigenvalue weighted by atomic mass is 35.5. The van der Waals surface area contributed by atoms with Crippen molar-refractivity contribution in [1.82, 2.24) is 4.31 Å². The first kappa shape index (κ1) is 27.2. The summed E-state index contributed by atoms with van der Waals surface area (Å²) in [6.45, 7) is 2.56. The van der Waals surface area contributed by atoms with Crippen LogP contribution in [0.5, 0.6) is 5.75 Å². The second-order valence-corrected chi connectivity index (χ2v) is 11.2. The molecule has 0 radical (unpaired) electrons. The van der Waals surface area contributed by atoms with Gasteiger partial charge in [-0.25, -0.2) is 8.42 Å². The third kappa shape index (κ3) is 7.15. The van der Waals surface area contributed by atoms with E-state index in [0.717, 1.165) is 11.4 Å². The SMILES string of the molecule is CCOc1ccc(N=Cc2ccc(CN(Cc3ccc(Cl)c(Cl)c3)S(=O)(=O)c3ccc(Cl)cc3)o2)cc1. The van der Waals surface area contributed by atoms with E-state index in [1.165, 1.54) is 28.6 Å². The number of hydrogen-bond acceptors (Lipinski definition) is 5. The maximum atomic E-state index is 13.5. The van der Waals surface area contributed by atoms with Crippen LogP contribution in [0.15, 0.2) is 93.2 Å². The second kappa shape index (κ2) is 12.2. The van der Waals surface area contributed by atoms with Crippen LogP contribution in [-0.2, 0) is 23.1 Å². The molecule has 0 aliphatic carbocycles. The van der Waals surface area contributed by atoms with E-state index in [4.69, 9.17) is 44.0 Å². The molecule has 0 saturated heterocycles. The number of hydrogen-bond donors (Lipinski definition) is 0. The summed E-state index contributed by atoms with van der Waals surface area (Å²) in [5.41, 5.74) is 1.41. The highest BCUT2D eigenvalue weighted by molar-refractivity contribution is 7.89. The fourth-order valence-corrected chi connectivity index (χ4v) is 5.32. The van der Waals surface area contributed by atoms with Crippen molar-refractivity contribution in [2.45, 2.75) is 24.9 Å². The van der Waals surface area contributed by atoms with Crippen molar-refractivity contribution < 1.29 is 17.6 Å². The zero-order valence-electron chi connectivity index (χ0n) is 19.8. The van der Waals surface area contributed by atoms with Gasteiger partial charge in [0.25, 0.3) is 0 Å². The Balaban J connectivity index is 1.56. The molecule has 4 aromatic rings. The number of nitrogens with zero attached hydrogens (tertiary/aromatic N) is 2. The van der Waals surface area contributed by atoms with Gasteiger partial charge in [0.1, 0.15) is 17.3 Å². The Morgan fingerprint density at radius 1 is 0.892 bits per heavy atom. The van der Waals surface area contributed by atoms with E-state index >= 15 is 0 Å². The number of halogens is 3. The van der Waals surface area contributed by atoms with Crippen molar-refractivity contribution in [3.63, 3.8) is 0 Å². The van der Waals surface area contributed by atoms with E-state index < -0.39 is 10.0 Å². The minimum atomic E-state index is -3.90. The van der Waals surface area contributed by atoms with Crippen LogP contribution in [0.25, 0.3) is 0 Å². The van der Waals surface area contributed by atoms with Gasteiger partial charge in [0.15, 0.2) is 0 Å². The molecule has 3 aromatic carbocycles. The normalized spacial score (nSPS) is 11.9. The van der Waals surface area contributed by atoms with Gasteiger partial charge in [-0.05, 0) is 85.3 Å². The quantitative estimate of drug-likeness (QED) is 0.180. The van der Waals surface area contributed by atoms with Gasteiger partial charge in [-0.1, -0.05) is 40.9 Å². The highest BCUT2D eigenvalue weighted by Crippen LogP contribution is 2.27. The van der Waals surface area contributed by atoms with Gasteiger partial charge in [0.05, 0.1) is 40.0 Å². The summed E-state index contributed by atoms with van der Waals surface area (Å²) in [6.07, 6.45) is 1.58. The summed E-state index contributed by atoms with van der Waals surface area (Å²) in [6, 6.07) is 21.8. The molecule has 192 valence electrons. The zero-order chi connectivity index (χ0) is 26.4. The number of ether oxygens (including phenoxy) is 1. The summed E-state index contributed by atoms with van der Waals surface area (Å²) in [7, 11) is -3.90. The first-order valence-corrected chi connectivity index (χ1v) is 13.9. The van der Waals surface area contributed by atoms with Crippen LogP contribution in [0.4, 0.5) is 5.69 Å². The Bertz CT molecular complexity index is 1490. The number of aliphatic imine (C=N–C) groups is 1. The van der Waals surface area contributed by atoms with Gasteiger partial charge in [0.2, 0.25) is 10.0 Å². The predicted octanol–water partition coefficient (Wildman–Crippen LogP) is 7.78. The van der Waals surface area contributed by atoms with E-state index in [0.29, 0.717) is 38.8 Å². The average Bonchev–Trinajstić information content (AvgIpc) is 3.33. The maximum absolute atomic E-state index is 13.5. The summed E-state index contributed by atoms with van der Waals surface area (Å²) in [5.74, 6) is 1.71.